The van der Waals surface area contributed by atoms with Gasteiger partial charge in [0, 0.05) is 11.4 Å². The van der Waals surface area contributed by atoms with E-state index < -0.39 is 5.60 Å². The van der Waals surface area contributed by atoms with E-state index in [1.807, 2.05) is 26.8 Å². The molecular weight excluding hydrogens is 250 g/mol. The highest BCUT2D eigenvalue weighted by atomic mass is 32.1. The number of methoxy groups -OCH3 is 1. The summed E-state index contributed by atoms with van der Waals surface area (Å²) in [5, 5.41) is 12.8. The maximum absolute atomic E-state index is 12.0. The Bertz CT molecular complexity index is 424. The summed E-state index contributed by atoms with van der Waals surface area (Å²) >= 11 is 1.39. The number of nitrogens with one attached hydrogen (secondary N) is 1. The van der Waals surface area contributed by atoms with Gasteiger partial charge < -0.3 is 15.2 Å². The molecule has 1 aromatic rings. The van der Waals surface area contributed by atoms with E-state index >= 15 is 0 Å². The summed E-state index contributed by atoms with van der Waals surface area (Å²) in [4.78, 5) is 13.6. The zero-order valence-electron chi connectivity index (χ0n) is 11.5. The van der Waals surface area contributed by atoms with Gasteiger partial charge in [-0.1, -0.05) is 13.8 Å². The second kappa shape index (κ2) is 5.71. The van der Waals surface area contributed by atoms with Crippen molar-refractivity contribution in [2.75, 3.05) is 13.7 Å². The second-order valence-electron chi connectivity index (χ2n) is 4.95. The molecule has 18 heavy (non-hydrogen) atoms. The van der Waals surface area contributed by atoms with E-state index in [2.05, 4.69) is 5.32 Å². The summed E-state index contributed by atoms with van der Waals surface area (Å²) < 4.78 is 5.15. The van der Waals surface area contributed by atoms with Gasteiger partial charge in [0.05, 0.1) is 12.7 Å². The van der Waals surface area contributed by atoms with Crippen LogP contribution in [0.4, 0.5) is 0 Å². The van der Waals surface area contributed by atoms with Crippen molar-refractivity contribution in [2.45, 2.75) is 33.3 Å². The van der Waals surface area contributed by atoms with Gasteiger partial charge in [-0.15, -0.1) is 11.3 Å². The molecule has 5 heteroatoms. The van der Waals surface area contributed by atoms with Gasteiger partial charge in [-0.2, -0.15) is 0 Å². The van der Waals surface area contributed by atoms with Crippen molar-refractivity contribution in [3.63, 3.8) is 0 Å². The topological polar surface area (TPSA) is 58.6 Å². The normalized spacial score (nSPS) is 14.4. The van der Waals surface area contributed by atoms with Crippen LogP contribution < -0.4 is 10.1 Å². The summed E-state index contributed by atoms with van der Waals surface area (Å²) in [6.07, 6.45) is 0. The van der Waals surface area contributed by atoms with Crippen molar-refractivity contribution in [1.82, 2.24) is 5.32 Å². The average molecular weight is 271 g/mol. The highest BCUT2D eigenvalue weighted by Gasteiger charge is 2.26. The zero-order valence-corrected chi connectivity index (χ0v) is 12.4. The molecule has 4 nitrogen and oxygen atoms in total. The summed E-state index contributed by atoms with van der Waals surface area (Å²) in [6, 6.07) is 1.83. The molecule has 0 saturated heterocycles. The number of carbonyl (C=O) groups is 1. The Balaban J connectivity index is 2.71. The summed E-state index contributed by atoms with van der Waals surface area (Å²) in [6.45, 7) is 7.71. The quantitative estimate of drug-likeness (QED) is 0.863. The first-order chi connectivity index (χ1) is 8.27. The van der Waals surface area contributed by atoms with Crippen LogP contribution in [0.3, 0.4) is 0 Å². The smallest absolute Gasteiger partial charge is 0.265 e. The molecule has 102 valence electrons. The molecule has 0 aromatic carbocycles. The summed E-state index contributed by atoms with van der Waals surface area (Å²) in [5.41, 5.74) is -0.908. The molecule has 0 bridgehead atoms. The molecule has 0 saturated carbocycles. The van der Waals surface area contributed by atoms with Crippen LogP contribution in [-0.2, 0) is 0 Å². The summed E-state index contributed by atoms with van der Waals surface area (Å²) in [7, 11) is 1.54. The van der Waals surface area contributed by atoms with Gasteiger partial charge >= 0.3 is 0 Å². The molecule has 1 atom stereocenters. The minimum atomic E-state index is -0.908. The Morgan fingerprint density at radius 3 is 2.72 bits per heavy atom. The molecule has 0 aliphatic heterocycles. The van der Waals surface area contributed by atoms with Crippen molar-refractivity contribution in [3.8, 4) is 5.75 Å². The Morgan fingerprint density at radius 1 is 1.61 bits per heavy atom. The number of thiophene rings is 1. The van der Waals surface area contributed by atoms with E-state index in [0.29, 0.717) is 10.6 Å². The van der Waals surface area contributed by atoms with Crippen LogP contribution in [0.25, 0.3) is 0 Å². The van der Waals surface area contributed by atoms with Crippen LogP contribution in [0.5, 0.6) is 5.75 Å². The lowest BCUT2D eigenvalue weighted by molar-refractivity contribution is 0.0142. The van der Waals surface area contributed by atoms with Crippen LogP contribution in [0.15, 0.2) is 6.07 Å². The van der Waals surface area contributed by atoms with Gasteiger partial charge in [0.2, 0.25) is 0 Å². The van der Waals surface area contributed by atoms with Crippen molar-refractivity contribution < 1.29 is 14.6 Å². The molecule has 1 aromatic heterocycles. The van der Waals surface area contributed by atoms with Crippen LogP contribution in [0, 0.1) is 12.8 Å². The van der Waals surface area contributed by atoms with E-state index in [-0.39, 0.29) is 18.4 Å². The maximum atomic E-state index is 12.0. The van der Waals surface area contributed by atoms with Gasteiger partial charge in [0.1, 0.15) is 10.6 Å². The molecule has 1 rings (SSSR count). The van der Waals surface area contributed by atoms with E-state index in [1.165, 1.54) is 11.3 Å². The van der Waals surface area contributed by atoms with E-state index in [1.54, 1.807) is 14.0 Å². The Hall–Kier alpha value is -1.07. The number of hydrogen-bond acceptors (Lipinski definition) is 4. The number of amides is 1. The Morgan fingerprint density at radius 2 is 2.22 bits per heavy atom. The largest absolute Gasteiger partial charge is 0.495 e. The zero-order chi connectivity index (χ0) is 13.9. The minimum Gasteiger partial charge on any atom is -0.495 e. The fraction of sp³-hybridized carbons (Fsp3) is 0.615. The van der Waals surface area contributed by atoms with Crippen molar-refractivity contribution >= 4 is 17.2 Å². The molecular formula is C13H21NO3S. The number of aliphatic hydroxyl groups is 1. The molecule has 0 aliphatic carbocycles. The first kappa shape index (κ1) is 15.0. The standard InChI is InChI=1S/C13H21NO3S/c1-8(2)13(4,16)7-14-12(15)11-10(17-5)6-9(3)18-11/h6,8,16H,7H2,1-5H3,(H,14,15). The molecule has 1 unspecified atom stereocenters. The van der Waals surface area contributed by atoms with Crippen LogP contribution in [0.1, 0.15) is 35.3 Å². The SMILES string of the molecule is COc1cc(C)sc1C(=O)NCC(C)(O)C(C)C. The summed E-state index contributed by atoms with van der Waals surface area (Å²) in [5.74, 6) is 0.454. The number of ether oxygens (including phenoxy) is 1. The van der Waals surface area contributed by atoms with E-state index in [4.69, 9.17) is 4.74 Å². The predicted octanol–water partition coefficient (Wildman–Crippen LogP) is 2.20. The first-order valence-corrected chi connectivity index (χ1v) is 6.74. The van der Waals surface area contributed by atoms with Crippen LogP contribution in [-0.4, -0.2) is 30.3 Å². The van der Waals surface area contributed by atoms with Gasteiger partial charge in [0.15, 0.2) is 0 Å². The lowest BCUT2D eigenvalue weighted by Gasteiger charge is -2.27. The molecule has 0 fully saturated rings. The second-order valence-corrected chi connectivity index (χ2v) is 6.21. The monoisotopic (exact) mass is 271 g/mol. The minimum absolute atomic E-state index is 0.0739. The fourth-order valence-corrected chi connectivity index (χ4v) is 2.24. The molecule has 1 heterocycles. The van der Waals surface area contributed by atoms with Gasteiger partial charge in [-0.3, -0.25) is 4.79 Å². The van der Waals surface area contributed by atoms with Crippen molar-refractivity contribution in [1.29, 1.82) is 0 Å². The van der Waals surface area contributed by atoms with Gasteiger partial charge in [-0.05, 0) is 25.8 Å². The Labute approximate surface area is 112 Å². The van der Waals surface area contributed by atoms with E-state index in [0.717, 1.165) is 4.88 Å². The highest BCUT2D eigenvalue weighted by molar-refractivity contribution is 7.14. The molecule has 0 radical (unpaired) electrons. The highest BCUT2D eigenvalue weighted by Crippen LogP contribution is 2.28. The third-order valence-electron chi connectivity index (χ3n) is 3.10. The van der Waals surface area contributed by atoms with Gasteiger partial charge in [0.25, 0.3) is 5.91 Å². The number of aryl methyl sites for hydroxylation is 1. The van der Waals surface area contributed by atoms with Crippen LogP contribution >= 0.6 is 11.3 Å². The third kappa shape index (κ3) is 3.46. The van der Waals surface area contributed by atoms with Crippen molar-refractivity contribution in [3.05, 3.63) is 15.8 Å². The van der Waals surface area contributed by atoms with Crippen LogP contribution in [0.2, 0.25) is 0 Å². The maximum Gasteiger partial charge on any atom is 0.265 e. The number of rotatable bonds is 5. The lowest BCUT2D eigenvalue weighted by Crippen LogP contribution is -2.44. The average Bonchev–Trinajstić information content (AvgIpc) is 2.67. The molecule has 0 spiro atoms. The first-order valence-electron chi connectivity index (χ1n) is 5.93. The van der Waals surface area contributed by atoms with Crippen molar-refractivity contribution in [2.24, 2.45) is 5.92 Å². The lowest BCUT2D eigenvalue weighted by atomic mass is 9.92. The van der Waals surface area contributed by atoms with E-state index in [9.17, 15) is 9.90 Å². The predicted molar refractivity (Wildman–Crippen MR) is 73.4 cm³/mol. The Kier molecular flexibility index (Phi) is 4.76. The van der Waals surface area contributed by atoms with Gasteiger partial charge in [-0.25, -0.2) is 0 Å². The number of hydrogen-bond donors (Lipinski definition) is 2. The molecule has 1 amide bonds. The molecule has 2 N–H and O–H groups in total. The fourth-order valence-electron chi connectivity index (χ4n) is 1.34. The third-order valence-corrected chi connectivity index (χ3v) is 4.13. The molecule has 0 aliphatic rings. The number of carbonyl (C=O) groups excluding carboxylic acids is 1.